The van der Waals surface area contributed by atoms with Crippen molar-refractivity contribution in [1.82, 2.24) is 9.88 Å². The third-order valence-corrected chi connectivity index (χ3v) is 4.17. The van der Waals surface area contributed by atoms with Gasteiger partial charge in [-0.3, -0.25) is 4.79 Å². The van der Waals surface area contributed by atoms with Crippen LogP contribution in [0.15, 0.2) is 29.1 Å². The van der Waals surface area contributed by atoms with Gasteiger partial charge in [-0.25, -0.2) is 0 Å². The lowest BCUT2D eigenvalue weighted by Gasteiger charge is -2.15. The summed E-state index contributed by atoms with van der Waals surface area (Å²) in [5, 5.41) is 4.59. The van der Waals surface area contributed by atoms with E-state index in [1.54, 1.807) is 0 Å². The Balaban J connectivity index is 2.27. The van der Waals surface area contributed by atoms with Crippen LogP contribution in [0.4, 0.5) is 0 Å². The van der Waals surface area contributed by atoms with Gasteiger partial charge >= 0.3 is 0 Å². The zero-order valence-electron chi connectivity index (χ0n) is 11.6. The molecule has 0 saturated carbocycles. The molecule has 19 heavy (non-hydrogen) atoms. The molecule has 1 fully saturated rings. The number of nitrogens with one attached hydrogen (secondary N) is 1. The number of aryl methyl sites for hydroxylation is 2. The van der Waals surface area contributed by atoms with Crippen LogP contribution in [-0.4, -0.2) is 11.1 Å². The van der Waals surface area contributed by atoms with Crippen molar-refractivity contribution in [2.75, 3.05) is 6.54 Å². The lowest BCUT2D eigenvalue weighted by molar-refractivity contribution is 0.633. The smallest absolute Gasteiger partial charge is 0.255 e. The number of nitrogens with zero attached hydrogens (tertiary/aromatic N) is 1. The van der Waals surface area contributed by atoms with Gasteiger partial charge in [-0.05, 0) is 42.8 Å². The summed E-state index contributed by atoms with van der Waals surface area (Å²) in [5.41, 5.74) is 3.38. The molecule has 0 amide bonds. The van der Waals surface area contributed by atoms with E-state index >= 15 is 0 Å². The number of hydrogen-bond donors (Lipinski definition) is 1. The van der Waals surface area contributed by atoms with E-state index in [-0.39, 0.29) is 11.6 Å². The Labute approximate surface area is 113 Å². The summed E-state index contributed by atoms with van der Waals surface area (Å²) in [6, 6.07) is 8.60. The molecule has 1 aliphatic heterocycles. The fourth-order valence-corrected chi connectivity index (χ4v) is 3.15. The number of pyridine rings is 1. The summed E-state index contributed by atoms with van der Waals surface area (Å²) in [4.78, 5) is 12.6. The van der Waals surface area contributed by atoms with Crippen LogP contribution in [0.1, 0.15) is 36.9 Å². The molecule has 3 heteroatoms. The van der Waals surface area contributed by atoms with Crippen LogP contribution in [0.25, 0.3) is 10.9 Å². The van der Waals surface area contributed by atoms with Gasteiger partial charge in [-0.2, -0.15) is 0 Å². The van der Waals surface area contributed by atoms with Crippen LogP contribution >= 0.6 is 0 Å². The normalized spacial score (nSPS) is 19.2. The molecule has 1 aromatic carbocycles. The average molecular weight is 256 g/mol. The van der Waals surface area contributed by atoms with Crippen LogP contribution in [0.5, 0.6) is 0 Å². The topological polar surface area (TPSA) is 34.0 Å². The van der Waals surface area contributed by atoms with Crippen LogP contribution in [0.2, 0.25) is 0 Å². The van der Waals surface area contributed by atoms with Crippen molar-refractivity contribution < 1.29 is 0 Å². The van der Waals surface area contributed by atoms with E-state index in [9.17, 15) is 4.79 Å². The molecular formula is C16H20N2O. The van der Waals surface area contributed by atoms with Gasteiger partial charge in [0, 0.05) is 18.7 Å². The van der Waals surface area contributed by atoms with Crippen molar-refractivity contribution in [3.05, 3.63) is 45.7 Å². The predicted molar refractivity (Wildman–Crippen MR) is 78.5 cm³/mol. The van der Waals surface area contributed by atoms with E-state index in [2.05, 4.69) is 36.5 Å². The third-order valence-electron chi connectivity index (χ3n) is 4.17. The van der Waals surface area contributed by atoms with Crippen molar-refractivity contribution in [2.24, 2.45) is 7.05 Å². The van der Waals surface area contributed by atoms with E-state index in [1.807, 2.05) is 11.6 Å². The highest BCUT2D eigenvalue weighted by molar-refractivity contribution is 5.83. The molecule has 0 bridgehead atoms. The highest BCUT2D eigenvalue weighted by Crippen LogP contribution is 2.24. The van der Waals surface area contributed by atoms with Crippen molar-refractivity contribution in [2.45, 2.75) is 32.2 Å². The molecule has 0 radical (unpaired) electrons. The second-order valence-corrected chi connectivity index (χ2v) is 5.32. The standard InChI is InChI=1S/C16H20N2O/c1-3-11-6-4-7-12-10-13(14-8-5-9-17-14)16(19)18(2)15(11)12/h4,6-7,10,14,17H,3,5,8-9H2,1-2H3. The molecule has 3 nitrogen and oxygen atoms in total. The second-order valence-electron chi connectivity index (χ2n) is 5.32. The summed E-state index contributed by atoms with van der Waals surface area (Å²) in [7, 11) is 1.89. The van der Waals surface area contributed by atoms with Crippen molar-refractivity contribution in [1.29, 1.82) is 0 Å². The second kappa shape index (κ2) is 4.82. The number of fused-ring (bicyclic) bond motifs is 1. The number of hydrogen-bond acceptors (Lipinski definition) is 2. The summed E-state index contributed by atoms with van der Waals surface area (Å²) >= 11 is 0. The number of aromatic nitrogens is 1. The lowest BCUT2D eigenvalue weighted by Crippen LogP contribution is -2.27. The van der Waals surface area contributed by atoms with Gasteiger partial charge < -0.3 is 9.88 Å². The molecule has 1 N–H and O–H groups in total. The first-order chi connectivity index (χ1) is 9.22. The van der Waals surface area contributed by atoms with E-state index < -0.39 is 0 Å². The Kier molecular flexibility index (Phi) is 3.15. The van der Waals surface area contributed by atoms with E-state index in [1.165, 1.54) is 10.9 Å². The Morgan fingerprint density at radius 1 is 1.42 bits per heavy atom. The maximum atomic E-state index is 12.6. The molecule has 2 heterocycles. The van der Waals surface area contributed by atoms with E-state index in [0.717, 1.165) is 36.9 Å². The zero-order valence-corrected chi connectivity index (χ0v) is 11.6. The fourth-order valence-electron chi connectivity index (χ4n) is 3.15. The van der Waals surface area contributed by atoms with Crippen LogP contribution in [0.3, 0.4) is 0 Å². The molecule has 1 aromatic heterocycles. The molecule has 1 unspecified atom stereocenters. The fraction of sp³-hybridized carbons (Fsp3) is 0.438. The van der Waals surface area contributed by atoms with Gasteiger partial charge in [0.05, 0.1) is 5.52 Å². The summed E-state index contributed by atoms with van der Waals surface area (Å²) in [5.74, 6) is 0. The first-order valence-corrected chi connectivity index (χ1v) is 7.07. The average Bonchev–Trinajstić information content (AvgIpc) is 2.95. The third kappa shape index (κ3) is 1.98. The van der Waals surface area contributed by atoms with Gasteiger partial charge in [-0.15, -0.1) is 0 Å². The zero-order chi connectivity index (χ0) is 13.4. The number of para-hydroxylation sites is 1. The van der Waals surface area contributed by atoms with Gasteiger partial charge in [0.2, 0.25) is 0 Å². The molecule has 3 rings (SSSR count). The molecule has 1 atom stereocenters. The minimum atomic E-state index is 0.146. The van der Waals surface area contributed by atoms with Gasteiger partial charge in [0.15, 0.2) is 0 Å². The number of rotatable bonds is 2. The van der Waals surface area contributed by atoms with Crippen LogP contribution in [0, 0.1) is 0 Å². The quantitative estimate of drug-likeness (QED) is 0.896. The van der Waals surface area contributed by atoms with E-state index in [0.29, 0.717) is 0 Å². The van der Waals surface area contributed by atoms with Crippen molar-refractivity contribution >= 4 is 10.9 Å². The van der Waals surface area contributed by atoms with Gasteiger partial charge in [0.25, 0.3) is 5.56 Å². The Hall–Kier alpha value is -1.61. The minimum absolute atomic E-state index is 0.146. The van der Waals surface area contributed by atoms with Crippen molar-refractivity contribution in [3.8, 4) is 0 Å². The molecule has 1 aliphatic rings. The summed E-state index contributed by atoms with van der Waals surface area (Å²) < 4.78 is 1.82. The highest BCUT2D eigenvalue weighted by Gasteiger charge is 2.21. The Bertz CT molecular complexity index is 666. The molecular weight excluding hydrogens is 236 g/mol. The predicted octanol–water partition coefficient (Wildman–Crippen LogP) is 2.53. The molecule has 0 aliphatic carbocycles. The summed E-state index contributed by atoms with van der Waals surface area (Å²) in [6.45, 7) is 3.15. The van der Waals surface area contributed by atoms with E-state index in [4.69, 9.17) is 0 Å². The first kappa shape index (κ1) is 12.4. The molecule has 2 aromatic rings. The minimum Gasteiger partial charge on any atom is -0.311 e. The Morgan fingerprint density at radius 2 is 2.26 bits per heavy atom. The largest absolute Gasteiger partial charge is 0.311 e. The summed E-state index contributed by atoms with van der Waals surface area (Å²) in [6.07, 6.45) is 3.17. The van der Waals surface area contributed by atoms with Gasteiger partial charge in [-0.1, -0.05) is 25.1 Å². The number of benzene rings is 1. The monoisotopic (exact) mass is 256 g/mol. The lowest BCUT2D eigenvalue weighted by atomic mass is 10.0. The van der Waals surface area contributed by atoms with Crippen LogP contribution < -0.4 is 10.9 Å². The molecule has 0 spiro atoms. The van der Waals surface area contributed by atoms with Crippen molar-refractivity contribution in [3.63, 3.8) is 0 Å². The first-order valence-electron chi connectivity index (χ1n) is 7.07. The highest BCUT2D eigenvalue weighted by atomic mass is 16.1. The van der Waals surface area contributed by atoms with Crippen LogP contribution in [-0.2, 0) is 13.5 Å². The van der Waals surface area contributed by atoms with Gasteiger partial charge in [0.1, 0.15) is 0 Å². The SMILES string of the molecule is CCc1cccc2cc(C3CCCN3)c(=O)n(C)c12. The maximum Gasteiger partial charge on any atom is 0.255 e. The molecule has 100 valence electrons. The molecule has 1 saturated heterocycles. The Morgan fingerprint density at radius 3 is 2.95 bits per heavy atom. The maximum absolute atomic E-state index is 12.6.